The van der Waals surface area contributed by atoms with E-state index < -0.39 is 11.6 Å². The second-order valence-corrected chi connectivity index (χ2v) is 7.91. The van der Waals surface area contributed by atoms with Crippen molar-refractivity contribution in [3.8, 4) is 0 Å². The lowest BCUT2D eigenvalue weighted by Gasteiger charge is -2.20. The maximum Gasteiger partial charge on any atom is 0.357 e. The van der Waals surface area contributed by atoms with Crippen molar-refractivity contribution in [3.05, 3.63) is 64.3 Å². The fourth-order valence-corrected chi connectivity index (χ4v) is 3.18. The number of aromatic nitrogens is 1. The zero-order valence-electron chi connectivity index (χ0n) is 14.5. The molecule has 2 aromatic carbocycles. The monoisotopic (exact) mass is 400 g/mol. The molecular formula is C20H21BrN2O2. The Morgan fingerprint density at radius 3 is 2.48 bits per heavy atom. The summed E-state index contributed by atoms with van der Waals surface area (Å²) in [6.07, 6.45) is 0. The highest BCUT2D eigenvalue weighted by atomic mass is 79.9. The molecule has 0 bridgehead atoms. The topological polar surface area (TPSA) is 57.2 Å². The lowest BCUT2D eigenvalue weighted by atomic mass is 10.2. The second-order valence-electron chi connectivity index (χ2n) is 7.00. The fourth-order valence-electron chi connectivity index (χ4n) is 2.83. The predicted molar refractivity (Wildman–Crippen MR) is 105 cm³/mol. The smallest absolute Gasteiger partial charge is 0.357 e. The Hall–Kier alpha value is -2.27. The van der Waals surface area contributed by atoms with Gasteiger partial charge >= 0.3 is 5.97 Å². The summed E-state index contributed by atoms with van der Waals surface area (Å²) in [6, 6.07) is 15.8. The van der Waals surface area contributed by atoms with Crippen LogP contribution in [0.5, 0.6) is 0 Å². The van der Waals surface area contributed by atoms with Crippen LogP contribution in [0.15, 0.2) is 53.0 Å². The van der Waals surface area contributed by atoms with E-state index >= 15 is 0 Å². The third kappa shape index (κ3) is 3.71. The predicted octanol–water partition coefficient (Wildman–Crippen LogP) is 4.99. The normalized spacial score (nSPS) is 11.7. The number of carbonyl (C=O) groups is 1. The molecular weight excluding hydrogens is 380 g/mol. The summed E-state index contributed by atoms with van der Waals surface area (Å²) in [6.45, 7) is 6.09. The molecule has 5 heteroatoms. The van der Waals surface area contributed by atoms with Gasteiger partial charge in [-0.1, -0.05) is 46.3 Å². The zero-order chi connectivity index (χ0) is 18.2. The zero-order valence-corrected chi connectivity index (χ0v) is 16.1. The molecule has 1 heterocycles. The number of nitrogens with zero attached hydrogens (tertiary/aromatic N) is 1. The molecule has 0 saturated heterocycles. The number of hydrogen-bond donors (Lipinski definition) is 1. The second kappa shape index (κ2) is 6.56. The highest BCUT2D eigenvalue weighted by molar-refractivity contribution is 9.10. The van der Waals surface area contributed by atoms with Crippen LogP contribution < -0.4 is 5.73 Å². The molecule has 0 aliphatic carbocycles. The number of anilines is 1. The Morgan fingerprint density at radius 2 is 1.84 bits per heavy atom. The average molecular weight is 401 g/mol. The summed E-state index contributed by atoms with van der Waals surface area (Å²) in [5.41, 5.74) is 8.57. The molecule has 0 aliphatic rings. The third-order valence-electron chi connectivity index (χ3n) is 3.84. The first kappa shape index (κ1) is 17.5. The number of carbonyl (C=O) groups excluding carboxylic acids is 1. The standard InChI is InChI=1S/C20H21BrN2O2/c1-20(2,3)25-19(24)18-17(22)15-10-9-14(21)11-16(15)23(18)12-13-7-5-4-6-8-13/h4-11H,12,22H2,1-3H3. The van der Waals surface area contributed by atoms with Crippen LogP contribution in [0.1, 0.15) is 36.8 Å². The number of hydrogen-bond acceptors (Lipinski definition) is 3. The Balaban J connectivity index is 2.18. The maximum atomic E-state index is 12.8. The molecule has 4 nitrogen and oxygen atoms in total. The van der Waals surface area contributed by atoms with Gasteiger partial charge < -0.3 is 15.0 Å². The quantitative estimate of drug-likeness (QED) is 0.629. The van der Waals surface area contributed by atoms with Crippen LogP contribution >= 0.6 is 15.9 Å². The van der Waals surface area contributed by atoms with E-state index in [1.807, 2.05) is 73.9 Å². The first-order valence-electron chi connectivity index (χ1n) is 8.11. The van der Waals surface area contributed by atoms with Gasteiger partial charge in [-0.05, 0) is 44.5 Å². The molecule has 0 fully saturated rings. The van der Waals surface area contributed by atoms with Crippen LogP contribution in [0.25, 0.3) is 10.9 Å². The fraction of sp³-hybridized carbons (Fsp3) is 0.250. The number of nitrogens with two attached hydrogens (primary N) is 1. The first-order valence-corrected chi connectivity index (χ1v) is 8.90. The molecule has 130 valence electrons. The summed E-state index contributed by atoms with van der Waals surface area (Å²) in [5.74, 6) is -0.409. The lowest BCUT2D eigenvalue weighted by Crippen LogP contribution is -2.26. The number of nitrogen functional groups attached to an aromatic ring is 1. The average Bonchev–Trinajstić information content (AvgIpc) is 2.79. The lowest BCUT2D eigenvalue weighted by molar-refractivity contribution is 0.00601. The Morgan fingerprint density at radius 1 is 1.16 bits per heavy atom. The highest BCUT2D eigenvalue weighted by Crippen LogP contribution is 2.32. The van der Waals surface area contributed by atoms with E-state index in [-0.39, 0.29) is 0 Å². The number of rotatable bonds is 3. The summed E-state index contributed by atoms with van der Waals surface area (Å²) in [5, 5.41) is 0.847. The molecule has 0 saturated carbocycles. The maximum absolute atomic E-state index is 12.8. The van der Waals surface area contributed by atoms with Crippen molar-refractivity contribution < 1.29 is 9.53 Å². The molecule has 0 unspecified atom stereocenters. The number of benzene rings is 2. The van der Waals surface area contributed by atoms with Crippen molar-refractivity contribution in [2.24, 2.45) is 0 Å². The van der Waals surface area contributed by atoms with E-state index in [1.165, 1.54) is 0 Å². The SMILES string of the molecule is CC(C)(C)OC(=O)c1c(N)c2ccc(Br)cc2n1Cc1ccccc1. The van der Waals surface area contributed by atoms with Gasteiger partial charge in [-0.2, -0.15) is 0 Å². The van der Waals surface area contributed by atoms with Gasteiger partial charge in [0.2, 0.25) is 0 Å². The largest absolute Gasteiger partial charge is 0.455 e. The molecule has 0 aliphatic heterocycles. The summed E-state index contributed by atoms with van der Waals surface area (Å²) >= 11 is 3.50. The molecule has 3 rings (SSSR count). The summed E-state index contributed by atoms with van der Waals surface area (Å²) < 4.78 is 8.45. The Labute approximate surface area is 155 Å². The molecule has 1 aromatic heterocycles. The van der Waals surface area contributed by atoms with E-state index in [2.05, 4.69) is 15.9 Å². The molecule has 3 aromatic rings. The van der Waals surface area contributed by atoms with Gasteiger partial charge in [-0.15, -0.1) is 0 Å². The molecule has 2 N–H and O–H groups in total. The number of fused-ring (bicyclic) bond motifs is 1. The first-order chi connectivity index (χ1) is 11.8. The minimum absolute atomic E-state index is 0.395. The van der Waals surface area contributed by atoms with Gasteiger partial charge in [0.1, 0.15) is 5.60 Å². The van der Waals surface area contributed by atoms with Crippen LogP contribution in [0.4, 0.5) is 5.69 Å². The van der Waals surface area contributed by atoms with Crippen molar-refractivity contribution in [1.82, 2.24) is 4.57 Å². The molecule has 0 spiro atoms. The van der Waals surface area contributed by atoms with Gasteiger partial charge in [-0.25, -0.2) is 4.79 Å². The van der Waals surface area contributed by atoms with Gasteiger partial charge in [0, 0.05) is 16.4 Å². The minimum Gasteiger partial charge on any atom is -0.455 e. The van der Waals surface area contributed by atoms with Crippen molar-refractivity contribution in [3.63, 3.8) is 0 Å². The van der Waals surface area contributed by atoms with E-state index in [9.17, 15) is 4.79 Å². The van der Waals surface area contributed by atoms with Gasteiger partial charge in [0.05, 0.1) is 11.2 Å². The highest BCUT2D eigenvalue weighted by Gasteiger charge is 2.26. The van der Waals surface area contributed by atoms with Crippen LogP contribution in [0.3, 0.4) is 0 Å². The van der Waals surface area contributed by atoms with E-state index in [4.69, 9.17) is 10.5 Å². The van der Waals surface area contributed by atoms with Crippen LogP contribution in [-0.4, -0.2) is 16.1 Å². The summed E-state index contributed by atoms with van der Waals surface area (Å²) in [7, 11) is 0. The number of halogens is 1. The molecule has 0 atom stereocenters. The van der Waals surface area contributed by atoms with Crippen LogP contribution in [-0.2, 0) is 11.3 Å². The van der Waals surface area contributed by atoms with Crippen LogP contribution in [0, 0.1) is 0 Å². The van der Waals surface area contributed by atoms with Crippen molar-refractivity contribution in [2.75, 3.05) is 5.73 Å². The third-order valence-corrected chi connectivity index (χ3v) is 4.33. The van der Waals surface area contributed by atoms with E-state index in [1.54, 1.807) is 0 Å². The van der Waals surface area contributed by atoms with Gasteiger partial charge in [-0.3, -0.25) is 0 Å². The van der Waals surface area contributed by atoms with Crippen molar-refractivity contribution in [1.29, 1.82) is 0 Å². The van der Waals surface area contributed by atoms with E-state index in [0.29, 0.717) is 17.9 Å². The van der Waals surface area contributed by atoms with Crippen molar-refractivity contribution >= 4 is 38.5 Å². The van der Waals surface area contributed by atoms with Crippen molar-refractivity contribution in [2.45, 2.75) is 32.9 Å². The number of esters is 1. The molecule has 0 radical (unpaired) electrons. The van der Waals surface area contributed by atoms with Gasteiger partial charge in [0.15, 0.2) is 5.69 Å². The Bertz CT molecular complexity index is 924. The molecule has 25 heavy (non-hydrogen) atoms. The minimum atomic E-state index is -0.585. The van der Waals surface area contributed by atoms with E-state index in [0.717, 1.165) is 20.9 Å². The molecule has 0 amide bonds. The van der Waals surface area contributed by atoms with Gasteiger partial charge in [0.25, 0.3) is 0 Å². The van der Waals surface area contributed by atoms with Crippen LogP contribution in [0.2, 0.25) is 0 Å². The summed E-state index contributed by atoms with van der Waals surface area (Å²) in [4.78, 5) is 12.8. The number of ether oxygens (including phenoxy) is 1. The Kier molecular flexibility index (Phi) is 4.60.